The molecule has 1 aromatic rings. The van der Waals surface area contributed by atoms with Crippen molar-refractivity contribution in [3.63, 3.8) is 0 Å². The molecule has 2 saturated heterocycles. The smallest absolute Gasteiger partial charge is 0.352 e. The molecule has 0 saturated carbocycles. The Morgan fingerprint density at radius 1 is 1.26 bits per heavy atom. The molecule has 9 heteroatoms. The van der Waals surface area contributed by atoms with Gasteiger partial charge in [-0.1, -0.05) is 0 Å². The van der Waals surface area contributed by atoms with Crippen molar-refractivity contribution >= 4 is 29.9 Å². The minimum Gasteiger partial charge on any atom is -0.352 e. The number of carbonyl (C=O) groups excluding carboxylic acids is 2. The Labute approximate surface area is 162 Å². The van der Waals surface area contributed by atoms with Crippen LogP contribution in [0.2, 0.25) is 0 Å². The number of hydrogen-bond acceptors (Lipinski definition) is 3. The predicted molar refractivity (Wildman–Crippen MR) is 98.2 cm³/mol. The third kappa shape index (κ3) is 5.35. The van der Waals surface area contributed by atoms with E-state index in [4.69, 9.17) is 0 Å². The van der Waals surface area contributed by atoms with E-state index in [1.807, 2.05) is 0 Å². The van der Waals surface area contributed by atoms with Gasteiger partial charge in [0.05, 0.1) is 5.56 Å². The van der Waals surface area contributed by atoms with Gasteiger partial charge in [0.1, 0.15) is 0 Å². The van der Waals surface area contributed by atoms with Gasteiger partial charge in [-0.15, -0.1) is 12.4 Å². The van der Waals surface area contributed by atoms with E-state index in [0.717, 1.165) is 38.1 Å². The third-order valence-electron chi connectivity index (χ3n) is 4.84. The lowest BCUT2D eigenvalue weighted by Gasteiger charge is -2.23. The van der Waals surface area contributed by atoms with Gasteiger partial charge in [-0.25, -0.2) is 0 Å². The van der Waals surface area contributed by atoms with Crippen LogP contribution in [0, 0.1) is 5.92 Å². The largest absolute Gasteiger partial charge is 0.416 e. The van der Waals surface area contributed by atoms with Crippen molar-refractivity contribution in [2.24, 2.45) is 5.92 Å². The van der Waals surface area contributed by atoms with Crippen LogP contribution in [-0.4, -0.2) is 38.0 Å². The lowest BCUT2D eigenvalue weighted by molar-refractivity contribution is -0.137. The van der Waals surface area contributed by atoms with Gasteiger partial charge in [0, 0.05) is 30.8 Å². The molecular weight excluding hydrogens is 383 g/mol. The van der Waals surface area contributed by atoms with E-state index in [-0.39, 0.29) is 35.5 Å². The highest BCUT2D eigenvalue weighted by Crippen LogP contribution is 2.34. The molecule has 2 aliphatic rings. The van der Waals surface area contributed by atoms with Crippen LogP contribution in [0.15, 0.2) is 18.2 Å². The molecule has 2 heterocycles. The quantitative estimate of drug-likeness (QED) is 0.809. The highest BCUT2D eigenvalue weighted by atomic mass is 35.5. The first kappa shape index (κ1) is 21.5. The van der Waals surface area contributed by atoms with Crippen LogP contribution in [0.4, 0.5) is 18.9 Å². The predicted octanol–water partition coefficient (Wildman–Crippen LogP) is 2.98. The zero-order valence-corrected chi connectivity index (χ0v) is 15.6. The number of piperidine rings is 1. The second kappa shape index (κ2) is 8.93. The molecule has 1 aromatic carbocycles. The van der Waals surface area contributed by atoms with E-state index in [2.05, 4.69) is 10.6 Å². The number of nitrogens with zero attached hydrogens (tertiary/aromatic N) is 1. The summed E-state index contributed by atoms with van der Waals surface area (Å²) in [5.41, 5.74) is -0.857. The summed E-state index contributed by atoms with van der Waals surface area (Å²) >= 11 is 0. The lowest BCUT2D eigenvalue weighted by atomic mass is 9.99. The van der Waals surface area contributed by atoms with Crippen LogP contribution in [0.5, 0.6) is 0 Å². The van der Waals surface area contributed by atoms with Gasteiger partial charge in [-0.3, -0.25) is 9.59 Å². The fourth-order valence-electron chi connectivity index (χ4n) is 3.42. The molecule has 150 valence electrons. The number of carbonyl (C=O) groups is 2. The third-order valence-corrected chi connectivity index (χ3v) is 4.84. The first-order chi connectivity index (χ1) is 12.3. The van der Waals surface area contributed by atoms with E-state index in [0.29, 0.717) is 25.9 Å². The molecule has 27 heavy (non-hydrogen) atoms. The summed E-state index contributed by atoms with van der Waals surface area (Å²) in [4.78, 5) is 25.6. The molecule has 2 fully saturated rings. The fraction of sp³-hybridized carbons (Fsp3) is 0.556. The Hall–Kier alpha value is -1.80. The molecular formula is C18H23ClF3N3O2. The van der Waals surface area contributed by atoms with Crippen LogP contribution < -0.4 is 15.5 Å². The van der Waals surface area contributed by atoms with Crippen molar-refractivity contribution in [3.05, 3.63) is 29.3 Å². The molecule has 0 radical (unpaired) electrons. The Kier molecular flexibility index (Phi) is 7.11. The van der Waals surface area contributed by atoms with Gasteiger partial charge >= 0.3 is 6.18 Å². The van der Waals surface area contributed by atoms with Gasteiger partial charge in [0.25, 0.3) is 5.91 Å². The summed E-state index contributed by atoms with van der Waals surface area (Å²) in [6.45, 7) is 2.52. The van der Waals surface area contributed by atoms with E-state index >= 15 is 0 Å². The highest BCUT2D eigenvalue weighted by molar-refractivity contribution is 5.99. The number of alkyl halides is 3. The molecule has 0 bridgehead atoms. The first-order valence-electron chi connectivity index (χ1n) is 8.86. The maximum atomic E-state index is 13.2. The number of hydrogen-bond donors (Lipinski definition) is 2. The molecule has 1 atom stereocenters. The summed E-state index contributed by atoms with van der Waals surface area (Å²) < 4.78 is 39.7. The van der Waals surface area contributed by atoms with Crippen molar-refractivity contribution < 1.29 is 22.8 Å². The van der Waals surface area contributed by atoms with E-state index in [9.17, 15) is 22.8 Å². The SMILES string of the molecule is Cl.O=C(NCC1CCCNC1)c1cc(N2CCCC2=O)cc(C(F)(F)F)c1. The molecule has 2 N–H and O–H groups in total. The highest BCUT2D eigenvalue weighted by Gasteiger charge is 2.33. The number of nitrogens with one attached hydrogen (secondary N) is 2. The molecule has 0 aliphatic carbocycles. The molecule has 0 aromatic heterocycles. The summed E-state index contributed by atoms with van der Waals surface area (Å²) in [6, 6.07) is 3.15. The van der Waals surface area contributed by atoms with Crippen LogP contribution in [0.25, 0.3) is 0 Å². The molecule has 1 unspecified atom stereocenters. The van der Waals surface area contributed by atoms with Crippen LogP contribution in [0.1, 0.15) is 41.6 Å². The molecule has 3 rings (SSSR count). The Morgan fingerprint density at radius 3 is 2.63 bits per heavy atom. The van der Waals surface area contributed by atoms with Gasteiger partial charge in [0.2, 0.25) is 5.91 Å². The van der Waals surface area contributed by atoms with Crippen molar-refractivity contribution in [2.45, 2.75) is 31.9 Å². The van der Waals surface area contributed by atoms with Crippen molar-refractivity contribution in [2.75, 3.05) is 31.1 Å². The van der Waals surface area contributed by atoms with Crippen molar-refractivity contribution in [3.8, 4) is 0 Å². The average Bonchev–Trinajstić information content (AvgIpc) is 3.05. The van der Waals surface area contributed by atoms with Gasteiger partial charge in [0.15, 0.2) is 0 Å². The second-order valence-electron chi connectivity index (χ2n) is 6.84. The van der Waals surface area contributed by atoms with Crippen LogP contribution >= 0.6 is 12.4 Å². The van der Waals surface area contributed by atoms with Gasteiger partial charge in [-0.05, 0) is 56.5 Å². The van der Waals surface area contributed by atoms with Gasteiger partial charge < -0.3 is 15.5 Å². The number of rotatable bonds is 4. The standard InChI is InChI=1S/C18H22F3N3O2.ClH/c19-18(20,21)14-7-13(8-15(9-14)24-6-2-4-16(24)25)17(26)23-11-12-3-1-5-22-10-12;/h7-9,12,22H,1-6,10-11H2,(H,23,26);1H. The van der Waals surface area contributed by atoms with Crippen LogP contribution in [-0.2, 0) is 11.0 Å². The zero-order chi connectivity index (χ0) is 18.7. The van der Waals surface area contributed by atoms with Crippen LogP contribution in [0.3, 0.4) is 0 Å². The van der Waals surface area contributed by atoms with Crippen molar-refractivity contribution in [1.82, 2.24) is 10.6 Å². The van der Waals surface area contributed by atoms with E-state index < -0.39 is 17.6 Å². The number of anilines is 1. The molecule has 0 spiro atoms. The summed E-state index contributed by atoms with van der Waals surface area (Å²) in [6.07, 6.45) is -1.67. The minimum atomic E-state index is -4.58. The topological polar surface area (TPSA) is 61.4 Å². The summed E-state index contributed by atoms with van der Waals surface area (Å²) in [5, 5.41) is 5.96. The lowest BCUT2D eigenvalue weighted by Crippen LogP contribution is -2.38. The Bertz CT molecular complexity index is 691. The maximum absolute atomic E-state index is 13.2. The fourth-order valence-corrected chi connectivity index (χ4v) is 3.42. The Balaban J connectivity index is 0.00000261. The molecule has 2 amide bonds. The summed E-state index contributed by atoms with van der Waals surface area (Å²) in [7, 11) is 0. The van der Waals surface area contributed by atoms with Gasteiger partial charge in [-0.2, -0.15) is 13.2 Å². The maximum Gasteiger partial charge on any atom is 0.416 e. The molecule has 5 nitrogen and oxygen atoms in total. The van der Waals surface area contributed by atoms with E-state index in [1.54, 1.807) is 0 Å². The monoisotopic (exact) mass is 405 g/mol. The van der Waals surface area contributed by atoms with E-state index in [1.165, 1.54) is 11.0 Å². The number of amides is 2. The zero-order valence-electron chi connectivity index (χ0n) is 14.8. The Morgan fingerprint density at radius 2 is 2.04 bits per heavy atom. The normalized spacial score (nSPS) is 20.3. The van der Waals surface area contributed by atoms with Crippen molar-refractivity contribution in [1.29, 1.82) is 0 Å². The minimum absolute atomic E-state index is 0. The molecule has 2 aliphatic heterocycles. The number of benzene rings is 1. The summed E-state index contributed by atoms with van der Waals surface area (Å²) in [5.74, 6) is -0.489. The second-order valence-corrected chi connectivity index (χ2v) is 6.84. The number of halogens is 4. The first-order valence-corrected chi connectivity index (χ1v) is 8.86. The average molecular weight is 406 g/mol.